The molecule has 0 radical (unpaired) electrons. The van der Waals surface area contributed by atoms with Crippen molar-refractivity contribution >= 4 is 17.6 Å². The van der Waals surface area contributed by atoms with E-state index in [0.29, 0.717) is 31.9 Å². The van der Waals surface area contributed by atoms with Gasteiger partial charge >= 0.3 is 12.2 Å². The molecule has 1 saturated heterocycles. The monoisotopic (exact) mass is 486 g/mol. The standard InChI is InChI=1S/C24H25F3N6O2/c25-24(26,27)21-20(17-33(30-21)19-9-5-2-6-10-19)22(34)28-11-12-29-23(35)32-15-13-31(14-16-32)18-7-3-1-4-8-18/h1-10,17H,11-16H2,(H,28,34)(H,29,35). The third-order valence-electron chi connectivity index (χ3n) is 5.62. The van der Waals surface area contributed by atoms with Gasteiger partial charge in [0.05, 0.1) is 11.3 Å². The molecule has 0 saturated carbocycles. The zero-order valence-corrected chi connectivity index (χ0v) is 18.8. The molecule has 8 nitrogen and oxygen atoms in total. The van der Waals surface area contributed by atoms with Crippen LogP contribution in [0, 0.1) is 0 Å². The molecule has 2 N–H and O–H groups in total. The lowest BCUT2D eigenvalue weighted by Crippen LogP contribution is -2.52. The topological polar surface area (TPSA) is 82.5 Å². The van der Waals surface area contributed by atoms with Gasteiger partial charge in [-0.3, -0.25) is 4.79 Å². The highest BCUT2D eigenvalue weighted by Gasteiger charge is 2.39. The van der Waals surface area contributed by atoms with E-state index in [0.717, 1.165) is 16.6 Å². The fourth-order valence-corrected chi connectivity index (χ4v) is 3.82. The van der Waals surface area contributed by atoms with Crippen LogP contribution in [0.25, 0.3) is 5.69 Å². The first-order valence-electron chi connectivity index (χ1n) is 11.2. The average Bonchev–Trinajstić information content (AvgIpc) is 3.34. The number of para-hydroxylation sites is 2. The zero-order chi connectivity index (χ0) is 24.8. The number of hydrogen-bond acceptors (Lipinski definition) is 4. The molecule has 1 aliphatic rings. The molecule has 3 amide bonds. The second-order valence-corrected chi connectivity index (χ2v) is 7.97. The molecule has 1 fully saturated rings. The highest BCUT2D eigenvalue weighted by molar-refractivity contribution is 5.95. The number of amides is 3. The van der Waals surface area contributed by atoms with Crippen LogP contribution in [-0.2, 0) is 6.18 Å². The van der Waals surface area contributed by atoms with Gasteiger partial charge in [0, 0.05) is 51.2 Å². The Morgan fingerprint density at radius 2 is 1.40 bits per heavy atom. The highest BCUT2D eigenvalue weighted by atomic mass is 19.4. The maximum absolute atomic E-state index is 13.5. The van der Waals surface area contributed by atoms with Crippen LogP contribution in [0.5, 0.6) is 0 Å². The molecular formula is C24H25F3N6O2. The Kier molecular flexibility index (Phi) is 7.23. The van der Waals surface area contributed by atoms with Gasteiger partial charge in [0.25, 0.3) is 5.91 Å². The molecule has 2 heterocycles. The summed E-state index contributed by atoms with van der Waals surface area (Å²) >= 11 is 0. The number of halogens is 3. The van der Waals surface area contributed by atoms with Crippen molar-refractivity contribution in [2.45, 2.75) is 6.18 Å². The number of benzene rings is 2. The zero-order valence-electron chi connectivity index (χ0n) is 18.8. The Labute approximate surface area is 200 Å². The van der Waals surface area contributed by atoms with Gasteiger partial charge < -0.3 is 20.4 Å². The molecule has 0 atom stereocenters. The van der Waals surface area contributed by atoms with Crippen LogP contribution in [0.1, 0.15) is 16.1 Å². The molecule has 3 aromatic rings. The second-order valence-electron chi connectivity index (χ2n) is 7.97. The van der Waals surface area contributed by atoms with Crippen molar-refractivity contribution in [2.24, 2.45) is 0 Å². The molecule has 35 heavy (non-hydrogen) atoms. The fourth-order valence-electron chi connectivity index (χ4n) is 3.82. The van der Waals surface area contributed by atoms with Crippen LogP contribution in [0.2, 0.25) is 0 Å². The van der Waals surface area contributed by atoms with Gasteiger partial charge in [-0.25, -0.2) is 9.48 Å². The maximum Gasteiger partial charge on any atom is 0.435 e. The Bertz CT molecular complexity index is 1140. The van der Waals surface area contributed by atoms with E-state index in [1.807, 2.05) is 30.3 Å². The third-order valence-corrected chi connectivity index (χ3v) is 5.62. The Morgan fingerprint density at radius 1 is 0.829 bits per heavy atom. The highest BCUT2D eigenvalue weighted by Crippen LogP contribution is 2.31. The average molecular weight is 486 g/mol. The number of nitrogens with one attached hydrogen (secondary N) is 2. The number of alkyl halides is 3. The number of urea groups is 1. The first-order valence-corrected chi connectivity index (χ1v) is 11.2. The number of aromatic nitrogens is 2. The smallest absolute Gasteiger partial charge is 0.368 e. The molecule has 1 aromatic heterocycles. The van der Waals surface area contributed by atoms with E-state index in [2.05, 4.69) is 20.6 Å². The van der Waals surface area contributed by atoms with Gasteiger partial charge in [-0.1, -0.05) is 36.4 Å². The van der Waals surface area contributed by atoms with Crippen molar-refractivity contribution in [3.05, 3.63) is 78.1 Å². The van der Waals surface area contributed by atoms with Crippen molar-refractivity contribution in [2.75, 3.05) is 44.2 Å². The molecule has 4 rings (SSSR count). The summed E-state index contributed by atoms with van der Waals surface area (Å²) in [7, 11) is 0. The van der Waals surface area contributed by atoms with E-state index in [-0.39, 0.29) is 19.1 Å². The first kappa shape index (κ1) is 24.1. The van der Waals surface area contributed by atoms with Crippen molar-refractivity contribution < 1.29 is 22.8 Å². The van der Waals surface area contributed by atoms with Crippen LogP contribution < -0.4 is 15.5 Å². The van der Waals surface area contributed by atoms with E-state index < -0.39 is 23.3 Å². The number of piperazine rings is 1. The summed E-state index contributed by atoms with van der Waals surface area (Å²) in [6.07, 6.45) is -3.74. The summed E-state index contributed by atoms with van der Waals surface area (Å²) in [4.78, 5) is 28.8. The lowest BCUT2D eigenvalue weighted by molar-refractivity contribution is -0.141. The largest absolute Gasteiger partial charge is 0.435 e. The summed E-state index contributed by atoms with van der Waals surface area (Å²) < 4.78 is 41.4. The van der Waals surface area contributed by atoms with Gasteiger partial charge in [-0.2, -0.15) is 18.3 Å². The number of hydrogen-bond donors (Lipinski definition) is 2. The number of carbonyl (C=O) groups is 2. The summed E-state index contributed by atoms with van der Waals surface area (Å²) in [5.41, 5.74) is -0.343. The van der Waals surface area contributed by atoms with Crippen LogP contribution in [-0.4, -0.2) is 65.9 Å². The summed E-state index contributed by atoms with van der Waals surface area (Å²) in [5, 5.41) is 8.70. The number of nitrogens with zero attached hydrogens (tertiary/aromatic N) is 4. The minimum Gasteiger partial charge on any atom is -0.368 e. The number of rotatable bonds is 6. The molecule has 2 aromatic carbocycles. The molecule has 0 aliphatic carbocycles. The van der Waals surface area contributed by atoms with Gasteiger partial charge in [-0.15, -0.1) is 0 Å². The summed E-state index contributed by atoms with van der Waals surface area (Å²) in [6, 6.07) is 17.9. The predicted octanol–water partition coefficient (Wildman–Crippen LogP) is 3.15. The van der Waals surface area contributed by atoms with Crippen molar-refractivity contribution in [1.29, 1.82) is 0 Å². The lowest BCUT2D eigenvalue weighted by Gasteiger charge is -2.36. The molecule has 0 unspecified atom stereocenters. The SMILES string of the molecule is O=C(NCCNC(=O)N1CCN(c2ccccc2)CC1)c1cn(-c2ccccc2)nc1C(F)(F)F. The molecule has 0 spiro atoms. The van der Waals surface area contributed by atoms with Crippen LogP contribution >= 0.6 is 0 Å². The molecule has 1 aliphatic heterocycles. The predicted molar refractivity (Wildman–Crippen MR) is 125 cm³/mol. The number of carbonyl (C=O) groups excluding carboxylic acids is 2. The Hall–Kier alpha value is -4.02. The quantitative estimate of drug-likeness (QED) is 0.525. The van der Waals surface area contributed by atoms with Crippen LogP contribution in [0.15, 0.2) is 66.9 Å². The minimum atomic E-state index is -4.79. The first-order chi connectivity index (χ1) is 16.8. The Balaban J connectivity index is 1.27. The van der Waals surface area contributed by atoms with E-state index in [1.54, 1.807) is 35.2 Å². The van der Waals surface area contributed by atoms with Crippen LogP contribution in [0.4, 0.5) is 23.7 Å². The number of anilines is 1. The van der Waals surface area contributed by atoms with Gasteiger partial charge in [0.15, 0.2) is 5.69 Å². The minimum absolute atomic E-state index is 0.0254. The van der Waals surface area contributed by atoms with E-state index in [9.17, 15) is 22.8 Å². The fraction of sp³-hybridized carbons (Fsp3) is 0.292. The second kappa shape index (κ2) is 10.5. The van der Waals surface area contributed by atoms with Crippen molar-refractivity contribution in [3.63, 3.8) is 0 Å². The van der Waals surface area contributed by atoms with Crippen LogP contribution in [0.3, 0.4) is 0 Å². The Morgan fingerprint density at radius 3 is 2.00 bits per heavy atom. The molecular weight excluding hydrogens is 461 g/mol. The van der Waals surface area contributed by atoms with Crippen molar-refractivity contribution in [3.8, 4) is 5.69 Å². The normalized spacial score (nSPS) is 14.0. The van der Waals surface area contributed by atoms with E-state index in [4.69, 9.17) is 0 Å². The van der Waals surface area contributed by atoms with Gasteiger partial charge in [0.2, 0.25) is 0 Å². The van der Waals surface area contributed by atoms with Gasteiger partial charge in [0.1, 0.15) is 0 Å². The lowest BCUT2D eigenvalue weighted by atomic mass is 10.2. The van der Waals surface area contributed by atoms with Crippen molar-refractivity contribution in [1.82, 2.24) is 25.3 Å². The van der Waals surface area contributed by atoms with E-state index >= 15 is 0 Å². The van der Waals surface area contributed by atoms with Gasteiger partial charge in [-0.05, 0) is 24.3 Å². The van der Waals surface area contributed by atoms with E-state index in [1.165, 1.54) is 0 Å². The summed E-state index contributed by atoms with van der Waals surface area (Å²) in [6.45, 7) is 2.53. The molecule has 184 valence electrons. The third kappa shape index (κ3) is 5.92. The summed E-state index contributed by atoms with van der Waals surface area (Å²) in [5.74, 6) is -0.912. The molecule has 11 heteroatoms. The molecule has 0 bridgehead atoms. The maximum atomic E-state index is 13.5.